The van der Waals surface area contributed by atoms with Gasteiger partial charge in [0.25, 0.3) is 0 Å². The third-order valence-corrected chi connectivity index (χ3v) is 6.98. The number of nitrogens with zero attached hydrogens (tertiary/aromatic N) is 1. The van der Waals surface area contributed by atoms with E-state index in [0.717, 1.165) is 35.7 Å². The third-order valence-electron chi connectivity index (χ3n) is 6.98. The fraction of sp³-hybridized carbons (Fsp3) is 0.650. The van der Waals surface area contributed by atoms with E-state index in [2.05, 4.69) is 5.32 Å². The summed E-state index contributed by atoms with van der Waals surface area (Å²) >= 11 is 0. The van der Waals surface area contributed by atoms with Crippen molar-refractivity contribution in [2.75, 3.05) is 29.9 Å². The number of amides is 1. The van der Waals surface area contributed by atoms with Crippen LogP contribution in [0.1, 0.15) is 32.1 Å². The fourth-order valence-electron chi connectivity index (χ4n) is 5.96. The molecule has 0 spiro atoms. The predicted molar refractivity (Wildman–Crippen MR) is 111 cm³/mol. The number of halogens is 1. The molecular weight excluding hydrogens is 364 g/mol. The fourth-order valence-corrected chi connectivity index (χ4v) is 5.96. The van der Waals surface area contributed by atoms with Crippen LogP contribution in [0.3, 0.4) is 0 Å². The van der Waals surface area contributed by atoms with Crippen molar-refractivity contribution in [3.8, 4) is 0 Å². The van der Waals surface area contributed by atoms with Gasteiger partial charge in [-0.25, -0.2) is 4.79 Å². The van der Waals surface area contributed by atoms with E-state index in [1.54, 1.807) is 6.07 Å². The lowest BCUT2D eigenvalue weighted by Crippen LogP contribution is -2.58. The van der Waals surface area contributed by atoms with E-state index in [1.165, 1.54) is 37.0 Å². The molecule has 1 heterocycles. The molecule has 2 unspecified atom stereocenters. The second kappa shape index (κ2) is 7.86. The topological polar surface area (TPSA) is 105 Å². The van der Waals surface area contributed by atoms with Crippen LogP contribution in [0.4, 0.5) is 16.2 Å². The van der Waals surface area contributed by atoms with Gasteiger partial charge in [0, 0.05) is 19.1 Å². The van der Waals surface area contributed by atoms with Crippen molar-refractivity contribution < 1.29 is 9.90 Å². The summed E-state index contributed by atoms with van der Waals surface area (Å²) in [5.41, 5.74) is 14.3. The molecule has 1 amide bonds. The number of fused-ring (bicyclic) bond motifs is 1. The van der Waals surface area contributed by atoms with Crippen molar-refractivity contribution >= 4 is 29.9 Å². The molecule has 7 heteroatoms. The summed E-state index contributed by atoms with van der Waals surface area (Å²) < 4.78 is 0. The van der Waals surface area contributed by atoms with Gasteiger partial charge in [0.2, 0.25) is 0 Å². The third kappa shape index (κ3) is 3.75. The van der Waals surface area contributed by atoms with Crippen molar-refractivity contribution in [1.29, 1.82) is 0 Å². The molecule has 1 aromatic rings. The standard InChI is InChI=1S/C11H20N2.C9H10N2O2.ClH/c12-6-11-3-7-1-8(4-11)10(13)9(2-7)5-11;12-9(13)11-6-5-10-7-3-1-2-4-8(7)11;/h7-10H,1-6,12-13H2;1-4,10H,5-6H2,(H,12,13);1H. The first-order chi connectivity index (χ1) is 12.5. The van der Waals surface area contributed by atoms with E-state index in [4.69, 9.17) is 16.6 Å². The Hall–Kier alpha value is -1.50. The number of nitrogens with two attached hydrogens (primary N) is 2. The highest BCUT2D eigenvalue weighted by molar-refractivity contribution is 5.92. The maximum absolute atomic E-state index is 10.8. The summed E-state index contributed by atoms with van der Waals surface area (Å²) in [5.74, 6) is 2.60. The second-order valence-electron chi connectivity index (χ2n) is 8.63. The molecule has 6 N–H and O–H groups in total. The van der Waals surface area contributed by atoms with Crippen LogP contribution in [-0.4, -0.2) is 36.9 Å². The molecule has 2 atom stereocenters. The van der Waals surface area contributed by atoms with Crippen LogP contribution in [0.25, 0.3) is 0 Å². The summed E-state index contributed by atoms with van der Waals surface area (Å²) in [4.78, 5) is 12.2. The minimum absolute atomic E-state index is 0. The minimum atomic E-state index is -0.894. The molecular formula is C20H31ClN4O2. The monoisotopic (exact) mass is 394 g/mol. The second-order valence-corrected chi connectivity index (χ2v) is 8.63. The van der Waals surface area contributed by atoms with Gasteiger partial charge in [0.05, 0.1) is 11.4 Å². The normalized spacial score (nSPS) is 35.3. The number of hydrogen-bond acceptors (Lipinski definition) is 4. The Kier molecular flexibility index (Phi) is 5.89. The number of para-hydroxylation sites is 2. The lowest BCUT2D eigenvalue weighted by Gasteiger charge is -2.59. The predicted octanol–water partition coefficient (Wildman–Crippen LogP) is 3.12. The van der Waals surface area contributed by atoms with Crippen LogP contribution in [0, 0.1) is 23.2 Å². The number of carboxylic acid groups (broad SMARTS) is 1. The van der Waals surface area contributed by atoms with Gasteiger partial charge in [-0.15, -0.1) is 12.4 Å². The molecule has 5 aliphatic rings. The average molecular weight is 395 g/mol. The summed E-state index contributed by atoms with van der Waals surface area (Å²) in [6, 6.07) is 7.91. The number of anilines is 2. The molecule has 4 bridgehead atoms. The van der Waals surface area contributed by atoms with Gasteiger partial charge < -0.3 is 21.9 Å². The van der Waals surface area contributed by atoms with Gasteiger partial charge in [-0.05, 0) is 74.0 Å². The molecule has 4 fully saturated rings. The van der Waals surface area contributed by atoms with E-state index >= 15 is 0 Å². The largest absolute Gasteiger partial charge is 0.465 e. The van der Waals surface area contributed by atoms with Crippen molar-refractivity contribution in [2.45, 2.75) is 38.1 Å². The SMILES string of the molecule is Cl.NCC12CC3CC(C1)C(N)C(C3)C2.O=C(O)N1CCNc2ccccc21. The minimum Gasteiger partial charge on any atom is -0.465 e. The summed E-state index contributed by atoms with van der Waals surface area (Å²) in [6.45, 7) is 2.08. The molecule has 0 aromatic heterocycles. The molecule has 6 nitrogen and oxygen atoms in total. The molecule has 150 valence electrons. The van der Waals surface area contributed by atoms with Gasteiger partial charge in [0.1, 0.15) is 0 Å². The van der Waals surface area contributed by atoms with Crippen LogP contribution in [0.15, 0.2) is 24.3 Å². The molecule has 1 aliphatic heterocycles. The molecule has 6 rings (SSSR count). The summed E-state index contributed by atoms with van der Waals surface area (Å²) in [6.07, 6.45) is 5.98. The van der Waals surface area contributed by atoms with E-state index in [1.807, 2.05) is 18.2 Å². The lowest BCUT2D eigenvalue weighted by molar-refractivity contribution is -0.0612. The highest BCUT2D eigenvalue weighted by Crippen LogP contribution is 2.58. The van der Waals surface area contributed by atoms with Gasteiger partial charge in [-0.1, -0.05) is 12.1 Å². The maximum Gasteiger partial charge on any atom is 0.411 e. The first kappa shape index (κ1) is 20.2. The molecule has 4 aliphatic carbocycles. The first-order valence-electron chi connectivity index (χ1n) is 9.80. The Bertz CT molecular complexity index is 670. The molecule has 0 saturated heterocycles. The Morgan fingerprint density at radius 2 is 1.89 bits per heavy atom. The Labute approximate surface area is 167 Å². The summed E-state index contributed by atoms with van der Waals surface area (Å²) in [5, 5.41) is 12.0. The zero-order valence-corrected chi connectivity index (χ0v) is 16.5. The van der Waals surface area contributed by atoms with Crippen LogP contribution < -0.4 is 21.7 Å². The highest BCUT2D eigenvalue weighted by Gasteiger charge is 2.53. The van der Waals surface area contributed by atoms with Crippen LogP contribution in [-0.2, 0) is 0 Å². The van der Waals surface area contributed by atoms with Gasteiger partial charge >= 0.3 is 6.09 Å². The van der Waals surface area contributed by atoms with Gasteiger partial charge in [-0.2, -0.15) is 0 Å². The van der Waals surface area contributed by atoms with Gasteiger partial charge in [-0.3, -0.25) is 4.90 Å². The first-order valence-corrected chi connectivity index (χ1v) is 9.80. The van der Waals surface area contributed by atoms with Gasteiger partial charge in [0.15, 0.2) is 0 Å². The van der Waals surface area contributed by atoms with Crippen molar-refractivity contribution in [1.82, 2.24) is 0 Å². The van der Waals surface area contributed by atoms with E-state index in [0.29, 0.717) is 24.5 Å². The molecule has 1 aromatic carbocycles. The smallest absolute Gasteiger partial charge is 0.411 e. The van der Waals surface area contributed by atoms with Crippen molar-refractivity contribution in [3.05, 3.63) is 24.3 Å². The molecule has 4 saturated carbocycles. The van der Waals surface area contributed by atoms with Crippen molar-refractivity contribution in [3.63, 3.8) is 0 Å². The van der Waals surface area contributed by atoms with Crippen molar-refractivity contribution in [2.24, 2.45) is 34.6 Å². The van der Waals surface area contributed by atoms with Crippen LogP contribution >= 0.6 is 12.4 Å². The Balaban J connectivity index is 0.000000150. The Morgan fingerprint density at radius 1 is 1.22 bits per heavy atom. The number of nitrogens with one attached hydrogen (secondary N) is 1. The highest BCUT2D eigenvalue weighted by atomic mass is 35.5. The molecule has 27 heavy (non-hydrogen) atoms. The lowest BCUT2D eigenvalue weighted by atomic mass is 9.48. The summed E-state index contributed by atoms with van der Waals surface area (Å²) in [7, 11) is 0. The zero-order valence-electron chi connectivity index (χ0n) is 15.6. The zero-order chi connectivity index (χ0) is 18.3. The Morgan fingerprint density at radius 3 is 2.52 bits per heavy atom. The van der Waals surface area contributed by atoms with E-state index < -0.39 is 6.09 Å². The number of rotatable bonds is 1. The van der Waals surface area contributed by atoms with E-state index in [-0.39, 0.29) is 12.4 Å². The molecule has 0 radical (unpaired) electrons. The maximum atomic E-state index is 10.8. The number of carbonyl (C=O) groups is 1. The number of hydrogen-bond donors (Lipinski definition) is 4. The average Bonchev–Trinajstić information content (AvgIpc) is 2.65. The quantitative estimate of drug-likeness (QED) is 0.585. The van der Waals surface area contributed by atoms with Crippen LogP contribution in [0.5, 0.6) is 0 Å². The number of benzene rings is 1. The van der Waals surface area contributed by atoms with E-state index in [9.17, 15) is 4.79 Å². The van der Waals surface area contributed by atoms with Crippen LogP contribution in [0.2, 0.25) is 0 Å².